The summed E-state index contributed by atoms with van der Waals surface area (Å²) in [6.07, 6.45) is -4.27. The maximum atomic E-state index is 12.8. The quantitative estimate of drug-likeness (QED) is 0.610. The first-order valence-electron chi connectivity index (χ1n) is 7.26. The van der Waals surface area contributed by atoms with Gasteiger partial charge in [0.05, 0.1) is 12.2 Å². The molecule has 0 N–H and O–H groups in total. The summed E-state index contributed by atoms with van der Waals surface area (Å²) in [5.74, 6) is -0.748. The lowest BCUT2D eigenvalue weighted by Crippen LogP contribution is -2.28. The number of hydrogen-bond acceptors (Lipinski definition) is 3. The van der Waals surface area contributed by atoms with Crippen LogP contribution < -0.4 is 0 Å². The van der Waals surface area contributed by atoms with E-state index in [2.05, 4.69) is 0 Å². The highest BCUT2D eigenvalue weighted by Gasteiger charge is 2.62. The summed E-state index contributed by atoms with van der Waals surface area (Å²) >= 11 is 0. The van der Waals surface area contributed by atoms with Gasteiger partial charge in [-0.05, 0) is 31.9 Å². The van der Waals surface area contributed by atoms with E-state index in [1.807, 2.05) is 6.92 Å². The van der Waals surface area contributed by atoms with E-state index >= 15 is 0 Å². The maximum Gasteiger partial charge on any atom is 0.416 e. The minimum Gasteiger partial charge on any atom is -0.464 e. The monoisotopic (exact) mass is 316 g/mol. The summed E-state index contributed by atoms with van der Waals surface area (Å²) in [5, 5.41) is 0. The summed E-state index contributed by atoms with van der Waals surface area (Å²) in [6.45, 7) is 5.41. The molecule has 1 aliphatic heterocycles. The van der Waals surface area contributed by atoms with Crippen LogP contribution in [0.3, 0.4) is 0 Å². The molecule has 1 fully saturated rings. The topological polar surface area (TPSA) is 38.8 Å². The molecular weight excluding hydrogens is 297 g/mol. The fourth-order valence-electron chi connectivity index (χ4n) is 2.70. The molecule has 0 saturated carbocycles. The second-order valence-electron chi connectivity index (χ2n) is 5.50. The standard InChI is InChI=1S/C16H19F3O3/c1-4-12(13-15(3,22-13)14(20)21-5-2)10-7-6-8-11(9-10)16(17,18)19/h6-9,12-13H,4-5H2,1-3H3. The van der Waals surface area contributed by atoms with Crippen LogP contribution in [0.1, 0.15) is 44.2 Å². The smallest absolute Gasteiger partial charge is 0.416 e. The largest absolute Gasteiger partial charge is 0.464 e. The Morgan fingerprint density at radius 2 is 2.09 bits per heavy atom. The molecule has 0 radical (unpaired) electrons. The fraction of sp³-hybridized carbons (Fsp3) is 0.562. The number of rotatable bonds is 5. The Morgan fingerprint density at radius 1 is 1.41 bits per heavy atom. The Bertz CT molecular complexity index is 556. The zero-order chi connectivity index (χ0) is 16.5. The number of carbonyl (C=O) groups is 1. The zero-order valence-corrected chi connectivity index (χ0v) is 12.7. The lowest BCUT2D eigenvalue weighted by atomic mass is 9.87. The van der Waals surface area contributed by atoms with Gasteiger partial charge in [-0.25, -0.2) is 4.79 Å². The molecule has 3 atom stereocenters. The number of hydrogen-bond donors (Lipinski definition) is 0. The van der Waals surface area contributed by atoms with Crippen molar-refractivity contribution in [2.45, 2.75) is 51.0 Å². The average Bonchev–Trinajstić information content (AvgIpc) is 3.13. The summed E-state index contributed by atoms with van der Waals surface area (Å²) in [6, 6.07) is 5.18. The van der Waals surface area contributed by atoms with Crippen LogP contribution in [-0.2, 0) is 20.4 Å². The molecule has 1 aliphatic rings. The van der Waals surface area contributed by atoms with E-state index in [0.29, 0.717) is 12.0 Å². The van der Waals surface area contributed by atoms with E-state index in [9.17, 15) is 18.0 Å². The van der Waals surface area contributed by atoms with Crippen molar-refractivity contribution in [1.82, 2.24) is 0 Å². The van der Waals surface area contributed by atoms with Gasteiger partial charge >= 0.3 is 12.1 Å². The number of esters is 1. The third-order valence-corrected chi connectivity index (χ3v) is 3.99. The second-order valence-corrected chi connectivity index (χ2v) is 5.50. The molecule has 0 aromatic heterocycles. The highest BCUT2D eigenvalue weighted by atomic mass is 19.4. The number of benzene rings is 1. The van der Waals surface area contributed by atoms with E-state index in [1.54, 1.807) is 19.9 Å². The van der Waals surface area contributed by atoms with Crippen molar-refractivity contribution in [3.05, 3.63) is 35.4 Å². The van der Waals surface area contributed by atoms with Crippen molar-refractivity contribution < 1.29 is 27.4 Å². The normalized spacial score (nSPS) is 25.6. The number of epoxide rings is 1. The number of halogens is 3. The molecule has 0 bridgehead atoms. The maximum absolute atomic E-state index is 12.8. The molecule has 3 unspecified atom stereocenters. The Hall–Kier alpha value is -1.56. The molecule has 1 aromatic rings. The number of ether oxygens (including phenoxy) is 2. The number of carbonyl (C=O) groups excluding carboxylic acids is 1. The van der Waals surface area contributed by atoms with Gasteiger partial charge in [0.2, 0.25) is 0 Å². The van der Waals surface area contributed by atoms with Crippen molar-refractivity contribution in [3.8, 4) is 0 Å². The Balaban J connectivity index is 2.22. The zero-order valence-electron chi connectivity index (χ0n) is 12.7. The first-order chi connectivity index (χ1) is 10.2. The van der Waals surface area contributed by atoms with Crippen LogP contribution in [0.15, 0.2) is 24.3 Å². The van der Waals surface area contributed by atoms with Gasteiger partial charge in [-0.3, -0.25) is 0 Å². The van der Waals surface area contributed by atoms with Gasteiger partial charge in [0, 0.05) is 5.92 Å². The lowest BCUT2D eigenvalue weighted by Gasteiger charge is -2.16. The van der Waals surface area contributed by atoms with Gasteiger partial charge in [0.1, 0.15) is 6.10 Å². The SMILES string of the molecule is CCOC(=O)C1(C)OC1C(CC)c1cccc(C(F)(F)F)c1. The van der Waals surface area contributed by atoms with Gasteiger partial charge in [0.25, 0.3) is 0 Å². The molecule has 2 rings (SSSR count). The molecule has 0 amide bonds. The van der Waals surface area contributed by atoms with Crippen molar-refractivity contribution in [3.63, 3.8) is 0 Å². The van der Waals surface area contributed by atoms with Crippen LogP contribution in [0.25, 0.3) is 0 Å². The number of alkyl halides is 3. The molecule has 1 saturated heterocycles. The average molecular weight is 316 g/mol. The second kappa shape index (κ2) is 5.91. The van der Waals surface area contributed by atoms with E-state index in [1.165, 1.54) is 6.07 Å². The summed E-state index contributed by atoms with van der Waals surface area (Å²) < 4.78 is 48.9. The molecule has 122 valence electrons. The van der Waals surface area contributed by atoms with Gasteiger partial charge in [-0.15, -0.1) is 0 Å². The Kier molecular flexibility index (Phi) is 4.52. The van der Waals surface area contributed by atoms with E-state index < -0.39 is 29.4 Å². The van der Waals surface area contributed by atoms with Gasteiger partial charge < -0.3 is 9.47 Å². The molecule has 1 heterocycles. The third-order valence-electron chi connectivity index (χ3n) is 3.99. The van der Waals surface area contributed by atoms with Crippen molar-refractivity contribution in [1.29, 1.82) is 0 Å². The van der Waals surface area contributed by atoms with Crippen molar-refractivity contribution >= 4 is 5.97 Å². The molecule has 0 spiro atoms. The summed E-state index contributed by atoms with van der Waals surface area (Å²) in [4.78, 5) is 11.9. The predicted molar refractivity (Wildman–Crippen MR) is 74.4 cm³/mol. The van der Waals surface area contributed by atoms with Gasteiger partial charge in [-0.1, -0.05) is 25.1 Å². The summed E-state index contributed by atoms with van der Waals surface area (Å²) in [5.41, 5.74) is -1.23. The molecule has 0 aliphatic carbocycles. The summed E-state index contributed by atoms with van der Waals surface area (Å²) in [7, 11) is 0. The van der Waals surface area contributed by atoms with E-state index in [0.717, 1.165) is 12.1 Å². The van der Waals surface area contributed by atoms with Crippen LogP contribution in [0, 0.1) is 0 Å². The van der Waals surface area contributed by atoms with Crippen LogP contribution in [0.4, 0.5) is 13.2 Å². The predicted octanol–water partition coefficient (Wildman–Crippen LogP) is 3.92. The molecule has 3 nitrogen and oxygen atoms in total. The molecular formula is C16H19F3O3. The first kappa shape index (κ1) is 16.8. The van der Waals surface area contributed by atoms with Crippen LogP contribution in [-0.4, -0.2) is 24.3 Å². The third kappa shape index (κ3) is 3.11. The van der Waals surface area contributed by atoms with Crippen LogP contribution >= 0.6 is 0 Å². The lowest BCUT2D eigenvalue weighted by molar-refractivity contribution is -0.148. The molecule has 6 heteroatoms. The van der Waals surface area contributed by atoms with Crippen molar-refractivity contribution in [2.75, 3.05) is 6.61 Å². The Labute approximate surface area is 127 Å². The fourth-order valence-corrected chi connectivity index (χ4v) is 2.70. The van der Waals surface area contributed by atoms with Crippen LogP contribution in [0.5, 0.6) is 0 Å². The van der Waals surface area contributed by atoms with Gasteiger partial charge in [0.15, 0.2) is 5.60 Å². The highest BCUT2D eigenvalue weighted by molar-refractivity contribution is 5.83. The highest BCUT2D eigenvalue weighted by Crippen LogP contribution is 2.48. The molecule has 1 aromatic carbocycles. The van der Waals surface area contributed by atoms with Crippen molar-refractivity contribution in [2.24, 2.45) is 0 Å². The van der Waals surface area contributed by atoms with E-state index in [-0.39, 0.29) is 12.5 Å². The van der Waals surface area contributed by atoms with Gasteiger partial charge in [-0.2, -0.15) is 13.2 Å². The minimum atomic E-state index is -4.39. The minimum absolute atomic E-state index is 0.241. The van der Waals surface area contributed by atoms with Crippen LogP contribution in [0.2, 0.25) is 0 Å². The molecule has 22 heavy (non-hydrogen) atoms. The Morgan fingerprint density at radius 3 is 2.64 bits per heavy atom. The van der Waals surface area contributed by atoms with E-state index in [4.69, 9.17) is 9.47 Å². The first-order valence-corrected chi connectivity index (χ1v) is 7.26.